The molecule has 0 bridgehead atoms. The van der Waals surface area contributed by atoms with E-state index < -0.39 is 0 Å². The number of hydrogen-bond donors (Lipinski definition) is 0. The number of nitrogens with zero attached hydrogens (tertiary/aromatic N) is 3. The van der Waals surface area contributed by atoms with E-state index >= 15 is 0 Å². The van der Waals surface area contributed by atoms with Crippen LogP contribution < -0.4 is 4.74 Å². The molecule has 7 heteroatoms. The van der Waals surface area contributed by atoms with Gasteiger partial charge in [-0.15, -0.1) is 0 Å². The number of benzene rings is 2. The van der Waals surface area contributed by atoms with Crippen LogP contribution in [0.5, 0.6) is 5.75 Å². The molecular formula is C28H26ClN3O2S. The van der Waals surface area contributed by atoms with Crippen molar-refractivity contribution in [2.24, 2.45) is 4.99 Å². The van der Waals surface area contributed by atoms with Gasteiger partial charge in [-0.2, -0.15) is 0 Å². The van der Waals surface area contributed by atoms with E-state index in [0.717, 1.165) is 42.6 Å². The number of aromatic nitrogens is 1. The molecule has 5 nitrogen and oxygen atoms in total. The van der Waals surface area contributed by atoms with Gasteiger partial charge in [-0.3, -0.25) is 9.69 Å². The molecular weight excluding hydrogens is 478 g/mol. The largest absolute Gasteiger partial charge is 0.489 e. The Balaban J connectivity index is 1.34. The van der Waals surface area contributed by atoms with Crippen LogP contribution in [0.1, 0.15) is 43.2 Å². The first kappa shape index (κ1) is 23.6. The Kier molecular flexibility index (Phi) is 7.50. The summed E-state index contributed by atoms with van der Waals surface area (Å²) < 4.78 is 5.89. The second kappa shape index (κ2) is 11.1. The fourth-order valence-electron chi connectivity index (χ4n) is 4.33. The van der Waals surface area contributed by atoms with E-state index in [9.17, 15) is 4.79 Å². The number of aliphatic imine (C=N–C) groups is 1. The topological polar surface area (TPSA) is 54.8 Å². The van der Waals surface area contributed by atoms with Gasteiger partial charge in [0.05, 0.1) is 4.91 Å². The number of pyridine rings is 1. The minimum absolute atomic E-state index is 0.0237. The fraction of sp³-hybridized carbons (Fsp3) is 0.250. The van der Waals surface area contributed by atoms with Crippen LogP contribution in [0.4, 0.5) is 5.82 Å². The molecule has 178 valence electrons. The molecule has 0 N–H and O–H groups in total. The van der Waals surface area contributed by atoms with Gasteiger partial charge in [-0.05, 0) is 66.6 Å². The van der Waals surface area contributed by atoms with Gasteiger partial charge in [0.15, 0.2) is 11.0 Å². The minimum atomic E-state index is 0.0237. The number of carbonyl (C=O) groups excluding carboxylic acids is 1. The zero-order valence-corrected chi connectivity index (χ0v) is 20.8. The van der Waals surface area contributed by atoms with Crippen molar-refractivity contribution in [2.75, 3.05) is 0 Å². The Bertz CT molecular complexity index is 1240. The molecule has 1 amide bonds. The average Bonchev–Trinajstić information content (AvgIpc) is 3.19. The Labute approximate surface area is 214 Å². The second-order valence-corrected chi connectivity index (χ2v) is 10.0. The van der Waals surface area contributed by atoms with Crippen molar-refractivity contribution in [3.8, 4) is 5.75 Å². The van der Waals surface area contributed by atoms with Gasteiger partial charge in [-0.1, -0.05) is 67.3 Å². The Morgan fingerprint density at radius 2 is 1.80 bits per heavy atom. The maximum atomic E-state index is 13.5. The van der Waals surface area contributed by atoms with E-state index in [0.29, 0.717) is 27.5 Å². The van der Waals surface area contributed by atoms with E-state index in [1.54, 1.807) is 6.20 Å². The number of carbonyl (C=O) groups is 1. The highest BCUT2D eigenvalue weighted by molar-refractivity contribution is 8.18. The molecule has 0 radical (unpaired) electrons. The summed E-state index contributed by atoms with van der Waals surface area (Å²) in [7, 11) is 0. The molecule has 1 aliphatic heterocycles. The molecule has 1 aromatic heterocycles. The summed E-state index contributed by atoms with van der Waals surface area (Å²) in [5.41, 5.74) is 1.88. The third kappa shape index (κ3) is 5.77. The second-order valence-electron chi connectivity index (χ2n) is 8.61. The standard InChI is InChI=1S/C28H26ClN3O2S/c29-24-11-5-4-8-21(24)19-34-23-15-13-20(14-16-23)18-25-27(33)32(22-9-2-1-3-10-22)28(35-25)31-26-12-6-7-17-30-26/h4-8,11-18,22H,1-3,9-10,19H2/b25-18-,31-28+. The molecule has 35 heavy (non-hydrogen) atoms. The number of hydrogen-bond acceptors (Lipinski definition) is 5. The van der Waals surface area contributed by atoms with Gasteiger partial charge in [0.2, 0.25) is 0 Å². The van der Waals surface area contributed by atoms with Crippen LogP contribution in [0.3, 0.4) is 0 Å². The lowest BCUT2D eigenvalue weighted by Gasteiger charge is -2.30. The third-order valence-electron chi connectivity index (χ3n) is 6.17. The van der Waals surface area contributed by atoms with Gasteiger partial charge in [0, 0.05) is 22.8 Å². The molecule has 3 aromatic rings. The summed E-state index contributed by atoms with van der Waals surface area (Å²) in [6.45, 7) is 0.401. The van der Waals surface area contributed by atoms with Crippen LogP contribution in [-0.4, -0.2) is 27.0 Å². The highest BCUT2D eigenvalue weighted by Crippen LogP contribution is 2.38. The molecule has 5 rings (SSSR count). The fourth-order valence-corrected chi connectivity index (χ4v) is 5.57. The highest BCUT2D eigenvalue weighted by Gasteiger charge is 2.38. The number of ether oxygens (including phenoxy) is 1. The number of halogens is 1. The number of amidine groups is 1. The maximum absolute atomic E-state index is 13.5. The first-order valence-corrected chi connectivity index (χ1v) is 13.1. The molecule has 0 atom stereocenters. The maximum Gasteiger partial charge on any atom is 0.267 e. The van der Waals surface area contributed by atoms with Crippen LogP contribution in [0.15, 0.2) is 82.8 Å². The lowest BCUT2D eigenvalue weighted by atomic mass is 9.94. The first-order chi connectivity index (χ1) is 17.2. The van der Waals surface area contributed by atoms with Crippen molar-refractivity contribution >= 4 is 46.3 Å². The monoisotopic (exact) mass is 503 g/mol. The average molecular weight is 504 g/mol. The van der Waals surface area contributed by atoms with Crippen LogP contribution >= 0.6 is 23.4 Å². The van der Waals surface area contributed by atoms with E-state index in [4.69, 9.17) is 21.3 Å². The lowest BCUT2D eigenvalue weighted by molar-refractivity contribution is -0.124. The molecule has 2 fully saturated rings. The molecule has 1 saturated carbocycles. The van der Waals surface area contributed by atoms with E-state index in [1.807, 2.05) is 77.7 Å². The van der Waals surface area contributed by atoms with Crippen molar-refractivity contribution in [3.05, 3.63) is 94.0 Å². The van der Waals surface area contributed by atoms with E-state index in [-0.39, 0.29) is 11.9 Å². The predicted octanol–water partition coefficient (Wildman–Crippen LogP) is 7.25. The molecule has 2 aliphatic rings. The first-order valence-electron chi connectivity index (χ1n) is 11.9. The highest BCUT2D eigenvalue weighted by atomic mass is 35.5. The summed E-state index contributed by atoms with van der Waals surface area (Å²) in [4.78, 5) is 25.1. The molecule has 1 saturated heterocycles. The summed E-state index contributed by atoms with van der Waals surface area (Å²) in [5, 5.41) is 1.41. The zero-order valence-electron chi connectivity index (χ0n) is 19.3. The van der Waals surface area contributed by atoms with Crippen molar-refractivity contribution in [1.82, 2.24) is 9.88 Å². The Hall–Kier alpha value is -3.09. The summed E-state index contributed by atoms with van der Waals surface area (Å²) in [5.74, 6) is 1.39. The summed E-state index contributed by atoms with van der Waals surface area (Å²) >= 11 is 7.64. The minimum Gasteiger partial charge on any atom is -0.489 e. The van der Waals surface area contributed by atoms with Crippen molar-refractivity contribution < 1.29 is 9.53 Å². The Morgan fingerprint density at radius 3 is 2.54 bits per heavy atom. The number of thioether (sulfide) groups is 1. The van der Waals surface area contributed by atoms with Gasteiger partial charge in [0.25, 0.3) is 5.91 Å². The number of rotatable bonds is 6. The summed E-state index contributed by atoms with van der Waals surface area (Å²) in [6, 6.07) is 21.2. The SMILES string of the molecule is O=C1/C(=C/c2ccc(OCc3ccccc3Cl)cc2)S/C(=N/c2ccccn2)N1C1CCCCC1. The lowest BCUT2D eigenvalue weighted by Crippen LogP contribution is -2.40. The van der Waals surface area contributed by atoms with Crippen LogP contribution in [0, 0.1) is 0 Å². The normalized spacial score (nSPS) is 19.0. The van der Waals surface area contributed by atoms with E-state index in [1.165, 1.54) is 18.2 Å². The van der Waals surface area contributed by atoms with Crippen molar-refractivity contribution in [3.63, 3.8) is 0 Å². The summed E-state index contributed by atoms with van der Waals surface area (Å²) in [6.07, 6.45) is 9.19. The Morgan fingerprint density at radius 1 is 1.03 bits per heavy atom. The van der Waals surface area contributed by atoms with Gasteiger partial charge >= 0.3 is 0 Å². The smallest absolute Gasteiger partial charge is 0.267 e. The van der Waals surface area contributed by atoms with Crippen molar-refractivity contribution in [2.45, 2.75) is 44.8 Å². The zero-order chi connectivity index (χ0) is 24.0. The molecule has 0 unspecified atom stereocenters. The van der Waals surface area contributed by atoms with Gasteiger partial charge in [-0.25, -0.2) is 9.98 Å². The van der Waals surface area contributed by atoms with Crippen molar-refractivity contribution in [1.29, 1.82) is 0 Å². The predicted molar refractivity (Wildman–Crippen MR) is 143 cm³/mol. The van der Waals surface area contributed by atoms with E-state index in [2.05, 4.69) is 4.98 Å². The quantitative estimate of drug-likeness (QED) is 0.332. The van der Waals surface area contributed by atoms with Crippen LogP contribution in [0.2, 0.25) is 5.02 Å². The molecule has 2 aromatic carbocycles. The van der Waals surface area contributed by atoms with Crippen LogP contribution in [-0.2, 0) is 11.4 Å². The molecule has 1 aliphatic carbocycles. The third-order valence-corrected chi connectivity index (χ3v) is 7.52. The van der Waals surface area contributed by atoms with Gasteiger partial charge in [0.1, 0.15) is 12.4 Å². The van der Waals surface area contributed by atoms with Crippen LogP contribution in [0.25, 0.3) is 6.08 Å². The van der Waals surface area contributed by atoms with Gasteiger partial charge < -0.3 is 4.74 Å². The molecule has 0 spiro atoms. The molecule has 2 heterocycles. The number of amides is 1.